The molecule has 0 spiro atoms. The lowest BCUT2D eigenvalue weighted by Crippen LogP contribution is -2.27. The van der Waals surface area contributed by atoms with E-state index in [0.717, 1.165) is 10.4 Å². The van der Waals surface area contributed by atoms with Crippen molar-refractivity contribution < 1.29 is 22.8 Å². The second-order valence-corrected chi connectivity index (χ2v) is 8.20. The van der Waals surface area contributed by atoms with Crippen LogP contribution in [-0.4, -0.2) is 38.9 Å². The summed E-state index contributed by atoms with van der Waals surface area (Å²) in [5.41, 5.74) is 0.466. The van der Waals surface area contributed by atoms with E-state index in [9.17, 15) is 18.5 Å². The smallest absolute Gasteiger partial charge is 0.275 e. The number of rotatable bonds is 7. The van der Waals surface area contributed by atoms with Crippen molar-refractivity contribution in [2.75, 3.05) is 21.3 Å². The standard InChI is InChI=1S/C17H19ClN2O6S/c1-11-15(18)8-14(9-16(11)20(21)22)27(23,24)19(2)10-12-5-6-13(25-3)7-17(12)26-4/h5-9H,10H2,1-4H3. The Kier molecular flexibility index (Phi) is 6.30. The molecule has 0 aliphatic carbocycles. The van der Waals surface area contributed by atoms with Crippen LogP contribution in [0.2, 0.25) is 5.02 Å². The zero-order chi connectivity index (χ0) is 20.4. The lowest BCUT2D eigenvalue weighted by molar-refractivity contribution is -0.385. The molecule has 0 aliphatic heterocycles. The van der Waals surface area contributed by atoms with Crippen LogP contribution in [0.1, 0.15) is 11.1 Å². The first-order chi connectivity index (χ1) is 12.6. The number of hydrogen-bond acceptors (Lipinski definition) is 6. The Bertz CT molecular complexity index is 978. The highest BCUT2D eigenvalue weighted by molar-refractivity contribution is 7.89. The van der Waals surface area contributed by atoms with E-state index in [1.54, 1.807) is 18.2 Å². The summed E-state index contributed by atoms with van der Waals surface area (Å²) in [6.07, 6.45) is 0. The molecule has 0 unspecified atom stereocenters. The first-order valence-corrected chi connectivity index (χ1v) is 9.55. The number of nitro groups is 1. The molecular formula is C17H19ClN2O6S. The van der Waals surface area contributed by atoms with Crippen LogP contribution in [0.15, 0.2) is 35.2 Å². The van der Waals surface area contributed by atoms with Crippen molar-refractivity contribution >= 4 is 27.3 Å². The minimum absolute atomic E-state index is 0.00516. The van der Waals surface area contributed by atoms with Crippen molar-refractivity contribution in [1.82, 2.24) is 4.31 Å². The maximum atomic E-state index is 12.9. The van der Waals surface area contributed by atoms with Crippen LogP contribution in [0, 0.1) is 17.0 Å². The van der Waals surface area contributed by atoms with E-state index < -0.39 is 14.9 Å². The molecule has 0 saturated heterocycles. The molecule has 0 N–H and O–H groups in total. The third kappa shape index (κ3) is 4.32. The summed E-state index contributed by atoms with van der Waals surface area (Å²) in [6.45, 7) is 1.46. The predicted octanol–water partition coefficient (Wildman–Crippen LogP) is 3.39. The third-order valence-electron chi connectivity index (χ3n) is 4.08. The average Bonchev–Trinajstić information content (AvgIpc) is 2.63. The van der Waals surface area contributed by atoms with E-state index in [2.05, 4.69) is 0 Å². The minimum atomic E-state index is -4.02. The molecule has 0 aliphatic rings. The van der Waals surface area contributed by atoms with Gasteiger partial charge >= 0.3 is 0 Å². The summed E-state index contributed by atoms with van der Waals surface area (Å²) in [5.74, 6) is 1.03. The zero-order valence-corrected chi connectivity index (χ0v) is 16.8. The zero-order valence-electron chi connectivity index (χ0n) is 15.2. The van der Waals surface area contributed by atoms with Gasteiger partial charge in [-0.2, -0.15) is 4.31 Å². The minimum Gasteiger partial charge on any atom is -0.497 e. The van der Waals surface area contributed by atoms with Crippen LogP contribution < -0.4 is 9.47 Å². The van der Waals surface area contributed by atoms with Crippen molar-refractivity contribution in [2.24, 2.45) is 0 Å². The highest BCUT2D eigenvalue weighted by Crippen LogP contribution is 2.32. The number of ether oxygens (including phenoxy) is 2. The van der Waals surface area contributed by atoms with Gasteiger partial charge in [0, 0.05) is 36.9 Å². The largest absolute Gasteiger partial charge is 0.497 e. The molecule has 10 heteroatoms. The molecule has 0 saturated carbocycles. The van der Waals surface area contributed by atoms with E-state index in [1.807, 2.05) is 0 Å². The maximum Gasteiger partial charge on any atom is 0.275 e. The number of sulfonamides is 1. The van der Waals surface area contributed by atoms with Crippen LogP contribution in [0.5, 0.6) is 11.5 Å². The number of benzene rings is 2. The van der Waals surface area contributed by atoms with Crippen LogP contribution in [0.3, 0.4) is 0 Å². The molecule has 2 rings (SSSR count). The highest BCUT2D eigenvalue weighted by Gasteiger charge is 2.26. The average molecular weight is 415 g/mol. The second kappa shape index (κ2) is 8.12. The molecule has 0 amide bonds. The quantitative estimate of drug-likeness (QED) is 0.508. The van der Waals surface area contributed by atoms with Crippen LogP contribution in [-0.2, 0) is 16.6 Å². The van der Waals surface area contributed by atoms with Gasteiger partial charge in [0.15, 0.2) is 0 Å². The van der Waals surface area contributed by atoms with Crippen molar-refractivity contribution in [3.8, 4) is 11.5 Å². The van der Waals surface area contributed by atoms with Crippen molar-refractivity contribution in [1.29, 1.82) is 0 Å². The molecular weight excluding hydrogens is 396 g/mol. The van der Waals surface area contributed by atoms with E-state index >= 15 is 0 Å². The van der Waals surface area contributed by atoms with Crippen LogP contribution >= 0.6 is 11.6 Å². The molecule has 0 bridgehead atoms. The molecule has 0 aromatic heterocycles. The Morgan fingerprint density at radius 2 is 1.85 bits per heavy atom. The lowest BCUT2D eigenvalue weighted by atomic mass is 10.2. The molecule has 0 radical (unpaired) electrons. The van der Waals surface area contributed by atoms with Crippen LogP contribution in [0.4, 0.5) is 5.69 Å². The van der Waals surface area contributed by atoms with E-state index in [0.29, 0.717) is 17.1 Å². The van der Waals surface area contributed by atoms with Crippen molar-refractivity contribution in [3.63, 3.8) is 0 Å². The highest BCUT2D eigenvalue weighted by atomic mass is 35.5. The van der Waals surface area contributed by atoms with E-state index in [-0.39, 0.29) is 27.7 Å². The Labute approximate surface area is 162 Å². The van der Waals surface area contributed by atoms with Gasteiger partial charge in [-0.3, -0.25) is 10.1 Å². The van der Waals surface area contributed by atoms with Gasteiger partial charge < -0.3 is 9.47 Å². The van der Waals surface area contributed by atoms with Gasteiger partial charge in [-0.1, -0.05) is 17.7 Å². The molecule has 0 fully saturated rings. The Balaban J connectivity index is 2.42. The number of halogens is 1. The predicted molar refractivity (Wildman–Crippen MR) is 101 cm³/mol. The van der Waals surface area contributed by atoms with E-state index in [4.69, 9.17) is 21.1 Å². The molecule has 0 atom stereocenters. The molecule has 0 heterocycles. The van der Waals surface area contributed by atoms with Gasteiger partial charge in [0.05, 0.1) is 29.1 Å². The third-order valence-corrected chi connectivity index (χ3v) is 6.26. The molecule has 27 heavy (non-hydrogen) atoms. The topological polar surface area (TPSA) is 99.0 Å². The monoisotopic (exact) mass is 414 g/mol. The summed E-state index contributed by atoms with van der Waals surface area (Å²) in [4.78, 5) is 10.3. The maximum absolute atomic E-state index is 12.9. The Hall–Kier alpha value is -2.36. The van der Waals surface area contributed by atoms with Gasteiger partial charge in [0.1, 0.15) is 11.5 Å². The molecule has 146 valence electrons. The fraction of sp³-hybridized carbons (Fsp3) is 0.294. The normalized spacial score (nSPS) is 11.5. The molecule has 2 aromatic carbocycles. The number of nitro benzene ring substituents is 1. The molecule has 8 nitrogen and oxygen atoms in total. The first kappa shape index (κ1) is 20.9. The van der Waals surface area contributed by atoms with Gasteiger partial charge in [0.2, 0.25) is 10.0 Å². The number of nitrogens with zero attached hydrogens (tertiary/aromatic N) is 2. The lowest BCUT2D eigenvalue weighted by Gasteiger charge is -2.19. The van der Waals surface area contributed by atoms with Crippen LogP contribution in [0.25, 0.3) is 0 Å². The summed E-state index contributed by atoms with van der Waals surface area (Å²) in [7, 11) is 0.339. The number of hydrogen-bond donors (Lipinski definition) is 0. The molecule has 2 aromatic rings. The van der Waals surface area contributed by atoms with Crippen molar-refractivity contribution in [2.45, 2.75) is 18.4 Å². The SMILES string of the molecule is COc1ccc(CN(C)S(=O)(=O)c2cc(Cl)c(C)c([N+](=O)[O-])c2)c(OC)c1. The summed E-state index contributed by atoms with van der Waals surface area (Å²) in [6, 6.07) is 7.24. The van der Waals surface area contributed by atoms with Gasteiger partial charge in [0.25, 0.3) is 5.69 Å². The van der Waals surface area contributed by atoms with E-state index in [1.165, 1.54) is 34.3 Å². The number of methoxy groups -OCH3 is 2. The van der Waals surface area contributed by atoms with Crippen molar-refractivity contribution in [3.05, 3.63) is 56.6 Å². The van der Waals surface area contributed by atoms with Gasteiger partial charge in [-0.05, 0) is 19.1 Å². The summed E-state index contributed by atoms with van der Waals surface area (Å²) in [5, 5.41) is 11.2. The summed E-state index contributed by atoms with van der Waals surface area (Å²) < 4.78 is 37.2. The fourth-order valence-corrected chi connectivity index (χ4v) is 3.94. The van der Waals surface area contributed by atoms with Gasteiger partial charge in [-0.15, -0.1) is 0 Å². The van der Waals surface area contributed by atoms with Gasteiger partial charge in [-0.25, -0.2) is 8.42 Å². The second-order valence-electron chi connectivity index (χ2n) is 5.75. The first-order valence-electron chi connectivity index (χ1n) is 7.73. The Morgan fingerprint density at radius 1 is 1.19 bits per heavy atom. The fourth-order valence-electron chi connectivity index (χ4n) is 2.47. The summed E-state index contributed by atoms with van der Waals surface area (Å²) >= 11 is 5.99. The Morgan fingerprint density at radius 3 is 2.41 bits per heavy atom.